The predicted octanol–water partition coefficient (Wildman–Crippen LogP) is 2.75. The van der Waals surface area contributed by atoms with E-state index in [0.717, 1.165) is 11.1 Å². The molecule has 3 rings (SSSR count). The first-order valence-electron chi connectivity index (χ1n) is 8.06. The Kier molecular flexibility index (Phi) is 5.34. The third kappa shape index (κ3) is 3.45. The van der Waals surface area contributed by atoms with Gasteiger partial charge >= 0.3 is 11.9 Å². The smallest absolute Gasteiger partial charge is 0.355 e. The summed E-state index contributed by atoms with van der Waals surface area (Å²) in [6.07, 6.45) is 0. The Labute approximate surface area is 151 Å². The summed E-state index contributed by atoms with van der Waals surface area (Å²) >= 11 is 0. The minimum atomic E-state index is -0.616. The highest BCUT2D eigenvalue weighted by Gasteiger charge is 2.32. The molecule has 0 amide bonds. The Morgan fingerprint density at radius 2 is 1.62 bits per heavy atom. The quantitative estimate of drug-likeness (QED) is 0.788. The molecule has 0 bridgehead atoms. The average Bonchev–Trinajstić information content (AvgIpc) is 2.72. The van der Waals surface area contributed by atoms with Crippen molar-refractivity contribution in [3.05, 3.63) is 65.9 Å². The van der Waals surface area contributed by atoms with E-state index >= 15 is 0 Å². The highest BCUT2D eigenvalue weighted by Crippen LogP contribution is 2.30. The topological polar surface area (TPSA) is 65.1 Å². The first-order chi connectivity index (χ1) is 12.7. The molecule has 0 radical (unpaired) electrons. The van der Waals surface area contributed by atoms with Crippen LogP contribution in [-0.2, 0) is 23.8 Å². The van der Waals surface area contributed by atoms with E-state index in [2.05, 4.69) is 0 Å². The molecular weight excluding hydrogens is 334 g/mol. The van der Waals surface area contributed by atoms with E-state index in [1.54, 1.807) is 4.90 Å². The van der Waals surface area contributed by atoms with Crippen molar-refractivity contribution in [1.82, 2.24) is 0 Å². The molecule has 2 aromatic carbocycles. The summed E-state index contributed by atoms with van der Waals surface area (Å²) in [6.45, 7) is 0.120. The van der Waals surface area contributed by atoms with Crippen LogP contribution in [0.15, 0.2) is 65.9 Å². The second-order valence-corrected chi connectivity index (χ2v) is 5.63. The lowest BCUT2D eigenvalue weighted by Crippen LogP contribution is -2.38. The summed E-state index contributed by atoms with van der Waals surface area (Å²) in [5.74, 6) is -1.23. The highest BCUT2D eigenvalue weighted by atomic mass is 16.5. The fraction of sp³-hybridized carbons (Fsp3) is 0.200. The van der Waals surface area contributed by atoms with Crippen molar-refractivity contribution in [2.24, 2.45) is 0 Å². The molecule has 0 fully saturated rings. The molecule has 0 saturated carbocycles. The maximum Gasteiger partial charge on any atom is 0.355 e. The summed E-state index contributed by atoms with van der Waals surface area (Å²) < 4.78 is 15.2. The second kappa shape index (κ2) is 7.84. The van der Waals surface area contributed by atoms with Gasteiger partial charge in [-0.2, -0.15) is 0 Å². The Hall–Kier alpha value is -3.12. The van der Waals surface area contributed by atoms with Crippen LogP contribution in [0.25, 0.3) is 11.1 Å². The van der Waals surface area contributed by atoms with Crippen molar-refractivity contribution in [3.63, 3.8) is 0 Å². The minimum absolute atomic E-state index is 0.00795. The molecule has 0 unspecified atom stereocenters. The molecule has 0 N–H and O–H groups in total. The molecule has 0 aliphatic carbocycles. The van der Waals surface area contributed by atoms with Gasteiger partial charge < -0.3 is 19.1 Å². The lowest BCUT2D eigenvalue weighted by atomic mass is 10.0. The van der Waals surface area contributed by atoms with Crippen LogP contribution in [-0.4, -0.2) is 39.5 Å². The van der Waals surface area contributed by atoms with Crippen molar-refractivity contribution < 1.29 is 23.8 Å². The summed E-state index contributed by atoms with van der Waals surface area (Å²) in [5, 5.41) is 0. The molecule has 1 aliphatic heterocycles. The molecule has 134 valence electrons. The van der Waals surface area contributed by atoms with Crippen LogP contribution in [0.4, 0.5) is 5.69 Å². The maximum atomic E-state index is 12.4. The molecule has 0 atom stereocenters. The minimum Gasteiger partial charge on any atom is -0.466 e. The number of methoxy groups -OCH3 is 2. The number of carbonyl (C=O) groups is 2. The van der Waals surface area contributed by atoms with Crippen molar-refractivity contribution in [3.8, 4) is 11.1 Å². The number of rotatable bonds is 4. The van der Waals surface area contributed by atoms with E-state index in [0.29, 0.717) is 5.69 Å². The normalized spacial score (nSPS) is 14.2. The first kappa shape index (κ1) is 17.7. The maximum absolute atomic E-state index is 12.4. The molecule has 2 aromatic rings. The van der Waals surface area contributed by atoms with Gasteiger partial charge in [-0.25, -0.2) is 9.59 Å². The standard InChI is InChI=1S/C20H19NO5/c1-24-19(22)17-12-26-13-21(18(17)20(23)25-2)16-10-6-9-15(11-16)14-7-4-3-5-8-14/h3-11H,12-13H2,1-2H3. The summed E-state index contributed by atoms with van der Waals surface area (Å²) in [6, 6.07) is 17.5. The van der Waals surface area contributed by atoms with Gasteiger partial charge in [0.15, 0.2) is 0 Å². The Morgan fingerprint density at radius 1 is 0.923 bits per heavy atom. The van der Waals surface area contributed by atoms with Crippen molar-refractivity contribution >= 4 is 17.6 Å². The third-order valence-electron chi connectivity index (χ3n) is 4.10. The molecular formula is C20H19NO5. The van der Waals surface area contributed by atoms with Gasteiger partial charge in [0.05, 0.1) is 26.4 Å². The van der Waals surface area contributed by atoms with Gasteiger partial charge in [0, 0.05) is 5.69 Å². The SMILES string of the molecule is COC(=O)C1=C(C(=O)OC)N(c2cccc(-c3ccccc3)c2)COC1. The van der Waals surface area contributed by atoms with Crippen molar-refractivity contribution in [1.29, 1.82) is 0 Å². The Bertz CT molecular complexity index is 844. The van der Waals surface area contributed by atoms with Gasteiger partial charge in [-0.05, 0) is 23.3 Å². The van der Waals surface area contributed by atoms with Crippen LogP contribution >= 0.6 is 0 Å². The number of benzene rings is 2. The highest BCUT2D eigenvalue weighted by molar-refractivity contribution is 6.03. The molecule has 0 saturated heterocycles. The van der Waals surface area contributed by atoms with Gasteiger partial charge in [0.25, 0.3) is 0 Å². The van der Waals surface area contributed by atoms with E-state index in [1.807, 2.05) is 54.6 Å². The van der Waals surface area contributed by atoms with Gasteiger partial charge in [-0.3, -0.25) is 0 Å². The fourth-order valence-corrected chi connectivity index (χ4v) is 2.83. The van der Waals surface area contributed by atoms with Gasteiger partial charge in [-0.1, -0.05) is 42.5 Å². The van der Waals surface area contributed by atoms with E-state index in [4.69, 9.17) is 14.2 Å². The van der Waals surface area contributed by atoms with Crippen molar-refractivity contribution in [2.75, 3.05) is 32.5 Å². The fourth-order valence-electron chi connectivity index (χ4n) is 2.83. The van der Waals surface area contributed by atoms with E-state index in [9.17, 15) is 9.59 Å². The van der Waals surface area contributed by atoms with Crippen molar-refractivity contribution in [2.45, 2.75) is 0 Å². The molecule has 0 aromatic heterocycles. The van der Waals surface area contributed by atoms with E-state index in [1.165, 1.54) is 14.2 Å². The summed E-state index contributed by atoms with van der Waals surface area (Å²) in [7, 11) is 2.54. The van der Waals surface area contributed by atoms with Gasteiger partial charge in [-0.15, -0.1) is 0 Å². The number of ether oxygens (including phenoxy) is 3. The second-order valence-electron chi connectivity index (χ2n) is 5.63. The molecule has 26 heavy (non-hydrogen) atoms. The van der Waals surface area contributed by atoms with Crippen LogP contribution in [0.1, 0.15) is 0 Å². The van der Waals surface area contributed by atoms with Crippen LogP contribution in [0.5, 0.6) is 0 Å². The molecule has 1 heterocycles. The number of hydrogen-bond donors (Lipinski definition) is 0. The third-order valence-corrected chi connectivity index (χ3v) is 4.10. The largest absolute Gasteiger partial charge is 0.466 e. The average molecular weight is 353 g/mol. The zero-order chi connectivity index (χ0) is 18.5. The summed E-state index contributed by atoms with van der Waals surface area (Å²) in [4.78, 5) is 26.0. The number of anilines is 1. The monoisotopic (exact) mass is 353 g/mol. The zero-order valence-corrected chi connectivity index (χ0v) is 14.6. The number of esters is 2. The zero-order valence-electron chi connectivity index (χ0n) is 14.6. The first-order valence-corrected chi connectivity index (χ1v) is 8.06. The van der Waals surface area contributed by atoms with Gasteiger partial charge in [0.1, 0.15) is 12.4 Å². The Morgan fingerprint density at radius 3 is 2.31 bits per heavy atom. The lowest BCUT2D eigenvalue weighted by molar-refractivity contribution is -0.140. The lowest BCUT2D eigenvalue weighted by Gasteiger charge is -2.31. The Balaban J connectivity index is 2.07. The molecule has 1 aliphatic rings. The predicted molar refractivity (Wildman–Crippen MR) is 96.2 cm³/mol. The number of nitrogens with zero attached hydrogens (tertiary/aromatic N) is 1. The van der Waals surface area contributed by atoms with E-state index in [-0.39, 0.29) is 24.6 Å². The van der Waals surface area contributed by atoms with Gasteiger partial charge in [0.2, 0.25) is 0 Å². The number of hydrogen-bond acceptors (Lipinski definition) is 6. The molecule has 0 spiro atoms. The van der Waals surface area contributed by atoms with Crippen LogP contribution in [0, 0.1) is 0 Å². The van der Waals surface area contributed by atoms with Crippen LogP contribution < -0.4 is 4.90 Å². The number of carbonyl (C=O) groups excluding carboxylic acids is 2. The van der Waals surface area contributed by atoms with Crippen LogP contribution in [0.2, 0.25) is 0 Å². The summed E-state index contributed by atoms with van der Waals surface area (Å²) in [5.41, 5.74) is 3.01. The van der Waals surface area contributed by atoms with E-state index < -0.39 is 11.9 Å². The molecule has 6 nitrogen and oxygen atoms in total. The molecule has 6 heteroatoms. The van der Waals surface area contributed by atoms with Crippen LogP contribution in [0.3, 0.4) is 0 Å².